The molecule has 35 heavy (non-hydrogen) atoms. The van der Waals surface area contributed by atoms with Crippen molar-refractivity contribution in [3.63, 3.8) is 0 Å². The Bertz CT molecular complexity index is 1350. The average Bonchev–Trinajstić information content (AvgIpc) is 2.86. The molecule has 3 nitrogen and oxygen atoms in total. The number of ketones is 1. The van der Waals surface area contributed by atoms with E-state index in [2.05, 4.69) is 61.0 Å². The molecule has 0 saturated carbocycles. The average molecular weight is 459 g/mol. The molecule has 0 bridgehead atoms. The van der Waals surface area contributed by atoms with Gasteiger partial charge >= 0.3 is 0 Å². The Kier molecular flexibility index (Phi) is 7.79. The number of aryl methyl sites for hydroxylation is 1. The second-order valence-electron chi connectivity index (χ2n) is 8.88. The maximum absolute atomic E-state index is 12.7. The van der Waals surface area contributed by atoms with Gasteiger partial charge < -0.3 is 0 Å². The number of hydrogen-bond donors (Lipinski definition) is 0. The Hall–Kier alpha value is -4.11. The zero-order valence-electron chi connectivity index (χ0n) is 20.4. The van der Waals surface area contributed by atoms with Crippen molar-refractivity contribution in [1.82, 2.24) is 4.98 Å². The van der Waals surface area contributed by atoms with Crippen molar-refractivity contribution >= 4 is 23.8 Å². The van der Waals surface area contributed by atoms with Crippen LogP contribution in [-0.4, -0.2) is 17.0 Å². The van der Waals surface area contributed by atoms with Crippen LogP contribution in [0.5, 0.6) is 0 Å². The van der Waals surface area contributed by atoms with Crippen molar-refractivity contribution < 1.29 is 4.79 Å². The second kappa shape index (κ2) is 11.3. The number of Topliss-reactive ketones (excluding diaryl/α,β-unsaturated/α-hetero) is 1. The van der Waals surface area contributed by atoms with Gasteiger partial charge in [0.15, 0.2) is 0 Å². The number of allylic oxidation sites excluding steroid dienone is 5. The van der Waals surface area contributed by atoms with E-state index >= 15 is 0 Å². The van der Waals surface area contributed by atoms with Gasteiger partial charge in [-0.3, -0.25) is 14.8 Å². The molecule has 0 spiro atoms. The van der Waals surface area contributed by atoms with Crippen molar-refractivity contribution in [3.05, 3.63) is 125 Å². The number of pyridine rings is 1. The van der Waals surface area contributed by atoms with Gasteiger partial charge in [0.2, 0.25) is 0 Å². The van der Waals surface area contributed by atoms with Gasteiger partial charge in [0.25, 0.3) is 0 Å². The van der Waals surface area contributed by atoms with Crippen molar-refractivity contribution in [2.75, 3.05) is 0 Å². The van der Waals surface area contributed by atoms with Gasteiger partial charge in [-0.05, 0) is 66.3 Å². The predicted octanol–water partition coefficient (Wildman–Crippen LogP) is 7.59. The minimum absolute atomic E-state index is 0.181. The van der Waals surface area contributed by atoms with Gasteiger partial charge in [-0.25, -0.2) is 0 Å². The molecule has 0 N–H and O–H groups in total. The number of carbonyl (C=O) groups excluding carboxylic acids is 1. The largest absolute Gasteiger partial charge is 0.299 e. The van der Waals surface area contributed by atoms with Crippen molar-refractivity contribution in [2.24, 2.45) is 4.99 Å². The van der Waals surface area contributed by atoms with E-state index in [-0.39, 0.29) is 5.78 Å². The molecule has 174 valence electrons. The van der Waals surface area contributed by atoms with Gasteiger partial charge in [0.1, 0.15) is 5.78 Å². The highest BCUT2D eigenvalue weighted by molar-refractivity contribution is 5.90. The first-order chi connectivity index (χ1) is 17.0. The molecule has 0 amide bonds. The summed E-state index contributed by atoms with van der Waals surface area (Å²) in [6, 6.07) is 20.5. The molecule has 0 atom stereocenters. The molecule has 3 aromatic rings. The molecule has 1 aromatic heterocycles. The summed E-state index contributed by atoms with van der Waals surface area (Å²) in [5.41, 5.74) is 9.53. The summed E-state index contributed by atoms with van der Waals surface area (Å²) in [5.74, 6) is 0.181. The first-order valence-corrected chi connectivity index (χ1v) is 11.9. The summed E-state index contributed by atoms with van der Waals surface area (Å²) in [7, 11) is 0. The Balaban J connectivity index is 1.42. The monoisotopic (exact) mass is 458 g/mol. The Morgan fingerprint density at radius 3 is 2.60 bits per heavy atom. The van der Waals surface area contributed by atoms with E-state index < -0.39 is 0 Å². The standard InChI is InChI=1S/C32H30N2O/c1-4-25-6-5-7-30(20-25)32-15-8-23(2)18-27(22-34-32)11-14-31(35)21-26-9-12-28(13-10-26)29-16-17-33-24(3)19-29/h4-7,9-13,15-20,22H,1,8,14,21H2,2-3H3/b23-18?,27-11+,32-15+,34-22+. The van der Waals surface area contributed by atoms with Gasteiger partial charge in [0, 0.05) is 36.5 Å². The van der Waals surface area contributed by atoms with Crippen LogP contribution in [-0.2, 0) is 11.2 Å². The van der Waals surface area contributed by atoms with Crippen LogP contribution in [0.25, 0.3) is 22.9 Å². The number of aromatic nitrogens is 1. The highest BCUT2D eigenvalue weighted by atomic mass is 16.1. The van der Waals surface area contributed by atoms with Crippen LogP contribution in [0.3, 0.4) is 0 Å². The number of hydrogen-bond acceptors (Lipinski definition) is 3. The number of aliphatic imine (C=N–C) groups is 1. The number of nitrogens with zero attached hydrogens (tertiary/aromatic N) is 2. The third-order valence-corrected chi connectivity index (χ3v) is 5.95. The van der Waals surface area contributed by atoms with E-state index in [1.165, 1.54) is 5.57 Å². The number of rotatable bonds is 7. The molecule has 1 aliphatic rings. The molecule has 0 saturated heterocycles. The summed E-state index contributed by atoms with van der Waals surface area (Å²) in [6.45, 7) is 7.95. The van der Waals surface area contributed by atoms with Crippen molar-refractivity contribution in [2.45, 2.75) is 33.1 Å². The van der Waals surface area contributed by atoms with Crippen molar-refractivity contribution in [3.8, 4) is 11.1 Å². The van der Waals surface area contributed by atoms with Crippen LogP contribution < -0.4 is 0 Å². The lowest BCUT2D eigenvalue weighted by molar-refractivity contribution is -0.117. The SMILES string of the molecule is C=Cc1cccc(C2=C/CC(C)=CC(=C\CC(=O)Cc3ccc(-c4ccnc(C)c4)cc3)/C=N/2)c1. The van der Waals surface area contributed by atoms with Crippen LogP contribution in [0, 0.1) is 6.92 Å². The lowest BCUT2D eigenvalue weighted by Gasteiger charge is -2.08. The zero-order valence-corrected chi connectivity index (χ0v) is 20.4. The molecular formula is C32H30N2O. The fourth-order valence-electron chi connectivity index (χ4n) is 4.04. The third-order valence-electron chi connectivity index (χ3n) is 5.95. The van der Waals surface area contributed by atoms with E-state index in [1.54, 1.807) is 0 Å². The fourth-order valence-corrected chi connectivity index (χ4v) is 4.04. The minimum atomic E-state index is 0.181. The molecule has 0 radical (unpaired) electrons. The Labute approximate surface area is 208 Å². The molecule has 0 aliphatic carbocycles. The highest BCUT2D eigenvalue weighted by Gasteiger charge is 2.07. The summed E-state index contributed by atoms with van der Waals surface area (Å²) in [4.78, 5) is 21.7. The molecule has 2 aromatic carbocycles. The highest BCUT2D eigenvalue weighted by Crippen LogP contribution is 2.23. The molecule has 4 rings (SSSR count). The molecule has 3 heteroatoms. The van der Waals surface area contributed by atoms with Gasteiger partial charge in [-0.15, -0.1) is 0 Å². The van der Waals surface area contributed by atoms with Crippen LogP contribution in [0.1, 0.15) is 42.1 Å². The lowest BCUT2D eigenvalue weighted by atomic mass is 10.0. The lowest BCUT2D eigenvalue weighted by Crippen LogP contribution is -2.02. The summed E-state index contributed by atoms with van der Waals surface area (Å²) < 4.78 is 0. The normalized spacial score (nSPS) is 17.0. The fraction of sp³-hybridized carbons (Fsp3) is 0.156. The zero-order chi connectivity index (χ0) is 24.6. The van der Waals surface area contributed by atoms with Crippen LogP contribution in [0.15, 0.2) is 108 Å². The summed E-state index contributed by atoms with van der Waals surface area (Å²) in [5, 5.41) is 0. The van der Waals surface area contributed by atoms with Gasteiger partial charge in [0.05, 0.1) is 5.70 Å². The maximum atomic E-state index is 12.7. The molecule has 0 fully saturated rings. The smallest absolute Gasteiger partial charge is 0.141 e. The first-order valence-electron chi connectivity index (χ1n) is 11.9. The summed E-state index contributed by atoms with van der Waals surface area (Å²) in [6.07, 6.45) is 13.4. The number of benzene rings is 2. The van der Waals surface area contributed by atoms with E-state index in [0.717, 1.165) is 51.2 Å². The molecular weight excluding hydrogens is 428 g/mol. The Morgan fingerprint density at radius 2 is 1.83 bits per heavy atom. The second-order valence-corrected chi connectivity index (χ2v) is 8.88. The Morgan fingerprint density at radius 1 is 1.00 bits per heavy atom. The van der Waals surface area contributed by atoms with Crippen LogP contribution in [0.4, 0.5) is 0 Å². The van der Waals surface area contributed by atoms with E-state index in [0.29, 0.717) is 12.8 Å². The van der Waals surface area contributed by atoms with Crippen molar-refractivity contribution in [1.29, 1.82) is 0 Å². The molecule has 2 heterocycles. The van der Waals surface area contributed by atoms with E-state index in [9.17, 15) is 4.79 Å². The van der Waals surface area contributed by atoms with Gasteiger partial charge in [-0.1, -0.05) is 78.9 Å². The molecule has 1 aliphatic heterocycles. The van der Waals surface area contributed by atoms with Gasteiger partial charge in [-0.2, -0.15) is 0 Å². The quantitative estimate of drug-likeness (QED) is 0.366. The van der Waals surface area contributed by atoms with Crippen LogP contribution in [0.2, 0.25) is 0 Å². The topological polar surface area (TPSA) is 42.3 Å². The van der Waals surface area contributed by atoms with Crippen LogP contribution >= 0.6 is 0 Å². The predicted molar refractivity (Wildman–Crippen MR) is 147 cm³/mol. The summed E-state index contributed by atoms with van der Waals surface area (Å²) >= 11 is 0. The third kappa shape index (κ3) is 6.70. The number of carbonyl (C=O) groups is 1. The van der Waals surface area contributed by atoms with E-state index in [1.807, 2.05) is 61.8 Å². The minimum Gasteiger partial charge on any atom is -0.299 e. The van der Waals surface area contributed by atoms with E-state index in [4.69, 9.17) is 4.99 Å². The molecule has 0 unspecified atom stereocenters. The maximum Gasteiger partial charge on any atom is 0.141 e. The first kappa shape index (κ1) is 24.0.